The van der Waals surface area contributed by atoms with Crippen molar-refractivity contribution in [3.63, 3.8) is 0 Å². The molecule has 27 heavy (non-hydrogen) atoms. The van der Waals surface area contributed by atoms with Gasteiger partial charge < -0.3 is 19.4 Å². The lowest BCUT2D eigenvalue weighted by molar-refractivity contribution is -0.133. The second-order valence-electron chi connectivity index (χ2n) is 8.02. The van der Waals surface area contributed by atoms with Crippen LogP contribution in [0.3, 0.4) is 0 Å². The Kier molecular flexibility index (Phi) is 3.84. The van der Waals surface area contributed by atoms with E-state index in [2.05, 4.69) is 15.5 Å². The summed E-state index contributed by atoms with van der Waals surface area (Å²) >= 11 is 0. The molecule has 3 aliphatic rings. The fourth-order valence-corrected chi connectivity index (χ4v) is 4.12. The van der Waals surface area contributed by atoms with Gasteiger partial charge in [0, 0.05) is 25.1 Å². The van der Waals surface area contributed by atoms with Gasteiger partial charge >= 0.3 is 6.01 Å². The van der Waals surface area contributed by atoms with Gasteiger partial charge in [0.15, 0.2) is 0 Å². The molecule has 1 amide bonds. The van der Waals surface area contributed by atoms with Crippen LogP contribution >= 0.6 is 0 Å². The lowest BCUT2D eigenvalue weighted by atomic mass is 9.93. The Labute approximate surface area is 158 Å². The molecule has 0 unspecified atom stereocenters. The lowest BCUT2D eigenvalue weighted by Crippen LogP contribution is -2.45. The molecule has 1 spiro atoms. The minimum absolute atomic E-state index is 0.0972. The number of carbonyl (C=O) groups excluding carboxylic acids is 1. The average Bonchev–Trinajstić information content (AvgIpc) is 3.10. The van der Waals surface area contributed by atoms with Crippen LogP contribution in [0.5, 0.6) is 5.75 Å². The first-order chi connectivity index (χ1) is 13.1. The maximum atomic E-state index is 12.7. The van der Waals surface area contributed by atoms with E-state index in [1.165, 1.54) is 12.8 Å². The highest BCUT2D eigenvalue weighted by Gasteiger charge is 2.45. The zero-order valence-corrected chi connectivity index (χ0v) is 15.5. The van der Waals surface area contributed by atoms with Crippen molar-refractivity contribution < 1.29 is 13.9 Å². The number of fused-ring (bicyclic) bond motifs is 1. The number of nitrogens with one attached hydrogen (secondary N) is 1. The molecule has 7 nitrogen and oxygen atoms in total. The monoisotopic (exact) mass is 368 g/mol. The van der Waals surface area contributed by atoms with Gasteiger partial charge in [0.1, 0.15) is 11.8 Å². The van der Waals surface area contributed by atoms with Crippen LogP contribution in [-0.2, 0) is 11.2 Å². The van der Waals surface area contributed by atoms with Crippen LogP contribution in [0.15, 0.2) is 22.6 Å². The molecule has 2 fully saturated rings. The minimum atomic E-state index is -0.389. The smallest absolute Gasteiger partial charge is 0.316 e. The van der Waals surface area contributed by atoms with Crippen molar-refractivity contribution in [3.8, 4) is 17.2 Å². The molecule has 7 heteroatoms. The fourth-order valence-electron chi connectivity index (χ4n) is 4.12. The van der Waals surface area contributed by atoms with Gasteiger partial charge in [0.05, 0.1) is 6.61 Å². The number of nitrogens with zero attached hydrogens (tertiary/aromatic N) is 3. The molecule has 1 N–H and O–H groups in total. The summed E-state index contributed by atoms with van der Waals surface area (Å²) < 4.78 is 11.3. The molecule has 3 heterocycles. The first-order valence-electron chi connectivity index (χ1n) is 9.77. The summed E-state index contributed by atoms with van der Waals surface area (Å²) in [6, 6.07) is 5.76. The maximum absolute atomic E-state index is 12.7. The number of rotatable bonds is 4. The summed E-state index contributed by atoms with van der Waals surface area (Å²) in [4.78, 5) is 14.7. The second kappa shape index (κ2) is 6.25. The molecular formula is C20H24N4O3. The SMILES string of the molecule is C[C@H](Nc1nnc(-c2ccc3c(c2)CCO3)o1)C(=O)N1CCC2(CC1)CC2. The standard InChI is InChI=1S/C20H24N4O3/c1-13(18(25)24-9-7-20(5-6-20)8-10-24)21-19-23-22-17(27-19)15-2-3-16-14(12-15)4-11-26-16/h2-3,12-13H,4-11H2,1H3,(H,21,23)/t13-/m0/s1. The number of ether oxygens (including phenoxy) is 1. The van der Waals surface area contributed by atoms with Gasteiger partial charge in [-0.1, -0.05) is 5.10 Å². The van der Waals surface area contributed by atoms with E-state index >= 15 is 0 Å². The average molecular weight is 368 g/mol. The Morgan fingerprint density at radius 3 is 2.81 bits per heavy atom. The number of anilines is 1. The predicted molar refractivity (Wildman–Crippen MR) is 99.5 cm³/mol. The summed E-state index contributed by atoms with van der Waals surface area (Å²) in [6.07, 6.45) is 5.84. The van der Waals surface area contributed by atoms with E-state index < -0.39 is 0 Å². The van der Waals surface area contributed by atoms with Crippen LogP contribution in [0.25, 0.3) is 11.5 Å². The molecule has 142 valence electrons. The first kappa shape index (κ1) is 16.6. The normalized spacial score (nSPS) is 20.9. The van der Waals surface area contributed by atoms with Crippen molar-refractivity contribution in [1.82, 2.24) is 15.1 Å². The molecule has 1 saturated heterocycles. The number of hydrogen-bond acceptors (Lipinski definition) is 6. The highest BCUT2D eigenvalue weighted by Crippen LogP contribution is 2.53. The van der Waals surface area contributed by atoms with Gasteiger partial charge in [-0.25, -0.2) is 0 Å². The molecule has 1 saturated carbocycles. The lowest BCUT2D eigenvalue weighted by Gasteiger charge is -2.33. The summed E-state index contributed by atoms with van der Waals surface area (Å²) in [6.45, 7) is 4.28. The third-order valence-electron chi connectivity index (χ3n) is 6.16. The number of likely N-dealkylation sites (tertiary alicyclic amines) is 1. The van der Waals surface area contributed by atoms with Crippen LogP contribution in [0.2, 0.25) is 0 Å². The number of benzene rings is 1. The van der Waals surface area contributed by atoms with Crippen molar-refractivity contribution in [2.24, 2.45) is 5.41 Å². The zero-order chi connectivity index (χ0) is 18.4. The van der Waals surface area contributed by atoms with E-state index in [9.17, 15) is 4.79 Å². The Morgan fingerprint density at radius 2 is 2.04 bits per heavy atom. The molecule has 1 atom stereocenters. The predicted octanol–water partition coefficient (Wildman–Crippen LogP) is 2.87. The highest BCUT2D eigenvalue weighted by atomic mass is 16.5. The van der Waals surface area contributed by atoms with Crippen molar-refractivity contribution in [3.05, 3.63) is 23.8 Å². The third-order valence-corrected chi connectivity index (χ3v) is 6.16. The summed E-state index contributed by atoms with van der Waals surface area (Å²) in [5.41, 5.74) is 2.59. The quantitative estimate of drug-likeness (QED) is 0.894. The van der Waals surface area contributed by atoms with E-state index in [1.807, 2.05) is 30.0 Å². The Bertz CT molecular complexity index is 864. The van der Waals surface area contributed by atoms with E-state index in [1.54, 1.807) is 0 Å². The molecule has 1 aliphatic carbocycles. The van der Waals surface area contributed by atoms with E-state index in [4.69, 9.17) is 9.15 Å². The van der Waals surface area contributed by atoms with Crippen molar-refractivity contribution in [1.29, 1.82) is 0 Å². The Hall–Kier alpha value is -2.57. The molecule has 5 rings (SSSR count). The molecule has 0 radical (unpaired) electrons. The van der Waals surface area contributed by atoms with Gasteiger partial charge in [0.2, 0.25) is 11.8 Å². The Morgan fingerprint density at radius 1 is 1.22 bits per heavy atom. The number of amides is 1. The van der Waals surface area contributed by atoms with Crippen LogP contribution < -0.4 is 10.1 Å². The molecule has 1 aromatic heterocycles. The second-order valence-corrected chi connectivity index (χ2v) is 8.02. The highest BCUT2D eigenvalue weighted by molar-refractivity contribution is 5.83. The van der Waals surface area contributed by atoms with Crippen LogP contribution in [0.1, 0.15) is 38.2 Å². The van der Waals surface area contributed by atoms with Crippen molar-refractivity contribution >= 4 is 11.9 Å². The summed E-state index contributed by atoms with van der Waals surface area (Å²) in [5, 5.41) is 11.2. The first-order valence-corrected chi connectivity index (χ1v) is 9.77. The van der Waals surface area contributed by atoms with Crippen LogP contribution in [0.4, 0.5) is 6.01 Å². The van der Waals surface area contributed by atoms with E-state index in [0.29, 0.717) is 17.9 Å². The fraction of sp³-hybridized carbons (Fsp3) is 0.550. The number of hydrogen-bond donors (Lipinski definition) is 1. The van der Waals surface area contributed by atoms with Crippen molar-refractivity contribution in [2.45, 2.75) is 45.1 Å². The van der Waals surface area contributed by atoms with Crippen LogP contribution in [0, 0.1) is 5.41 Å². The summed E-state index contributed by atoms with van der Waals surface area (Å²) in [5.74, 6) is 1.46. The molecule has 2 aliphatic heterocycles. The number of piperidine rings is 1. The van der Waals surface area contributed by atoms with Gasteiger partial charge in [-0.3, -0.25) is 4.79 Å². The minimum Gasteiger partial charge on any atom is -0.493 e. The van der Waals surface area contributed by atoms with E-state index in [0.717, 1.165) is 49.2 Å². The zero-order valence-electron chi connectivity index (χ0n) is 15.5. The molecule has 2 aromatic rings. The van der Waals surface area contributed by atoms with Gasteiger partial charge in [-0.2, -0.15) is 0 Å². The van der Waals surface area contributed by atoms with Gasteiger partial charge in [0.25, 0.3) is 0 Å². The topological polar surface area (TPSA) is 80.5 Å². The molecular weight excluding hydrogens is 344 g/mol. The number of aromatic nitrogens is 2. The molecule has 0 bridgehead atoms. The summed E-state index contributed by atoms with van der Waals surface area (Å²) in [7, 11) is 0. The maximum Gasteiger partial charge on any atom is 0.316 e. The van der Waals surface area contributed by atoms with Crippen LogP contribution in [-0.4, -0.2) is 46.7 Å². The van der Waals surface area contributed by atoms with Gasteiger partial charge in [-0.15, -0.1) is 5.10 Å². The number of carbonyl (C=O) groups is 1. The van der Waals surface area contributed by atoms with E-state index in [-0.39, 0.29) is 18.0 Å². The van der Waals surface area contributed by atoms with Crippen molar-refractivity contribution in [2.75, 3.05) is 25.0 Å². The Balaban J connectivity index is 1.23. The third kappa shape index (κ3) is 3.15. The van der Waals surface area contributed by atoms with Gasteiger partial charge in [-0.05, 0) is 61.8 Å². The largest absolute Gasteiger partial charge is 0.493 e. The molecule has 1 aromatic carbocycles.